The molecule has 1 aromatic heterocycles. The molecule has 3 aliphatic heterocycles. The van der Waals surface area contributed by atoms with Crippen molar-refractivity contribution in [3.8, 4) is 0 Å². The van der Waals surface area contributed by atoms with Crippen molar-refractivity contribution in [3.05, 3.63) is 30.0 Å². The molecule has 0 saturated carbocycles. The highest BCUT2D eigenvalue weighted by Gasteiger charge is 2.45. The summed E-state index contributed by atoms with van der Waals surface area (Å²) in [5.41, 5.74) is 0.545. The molecule has 2 bridgehead atoms. The Bertz CT molecular complexity index is 748. The zero-order valence-electron chi connectivity index (χ0n) is 13.3. The molecule has 3 fully saturated rings. The van der Waals surface area contributed by atoms with E-state index >= 15 is 0 Å². The van der Waals surface area contributed by atoms with Crippen LogP contribution >= 0.6 is 0 Å². The molecule has 0 aliphatic carbocycles. The first-order valence-electron chi connectivity index (χ1n) is 8.21. The van der Waals surface area contributed by atoms with Crippen LogP contribution in [0.15, 0.2) is 24.3 Å². The van der Waals surface area contributed by atoms with Gasteiger partial charge in [0.05, 0.1) is 11.1 Å². The summed E-state index contributed by atoms with van der Waals surface area (Å²) < 4.78 is 1.72. The number of piperidine rings is 3. The molecule has 1 aromatic carbocycles. The van der Waals surface area contributed by atoms with Gasteiger partial charge in [0, 0.05) is 25.5 Å². The number of fused-ring (bicyclic) bond motifs is 4. The molecule has 3 saturated heterocycles. The zero-order valence-corrected chi connectivity index (χ0v) is 13.3. The van der Waals surface area contributed by atoms with E-state index < -0.39 is 5.60 Å². The van der Waals surface area contributed by atoms with Crippen molar-refractivity contribution in [3.63, 3.8) is 0 Å². The van der Waals surface area contributed by atoms with Crippen molar-refractivity contribution in [2.75, 3.05) is 26.2 Å². The molecule has 4 heterocycles. The number of amides is 1. The second-order valence-electron chi connectivity index (χ2n) is 6.83. The number of rotatable bonds is 3. The number of aliphatic hydroxyl groups is 1. The second kappa shape index (κ2) is 5.32. The Morgan fingerprint density at radius 1 is 1.39 bits per heavy atom. The molecule has 1 unspecified atom stereocenters. The van der Waals surface area contributed by atoms with Crippen LogP contribution in [-0.2, 0) is 7.05 Å². The second-order valence-corrected chi connectivity index (χ2v) is 6.83. The van der Waals surface area contributed by atoms with Gasteiger partial charge < -0.3 is 15.3 Å². The molecule has 0 radical (unpaired) electrons. The first-order chi connectivity index (χ1) is 11.1. The molecule has 23 heavy (non-hydrogen) atoms. The summed E-state index contributed by atoms with van der Waals surface area (Å²) in [7, 11) is 1.83. The van der Waals surface area contributed by atoms with Gasteiger partial charge in [0.1, 0.15) is 0 Å². The van der Waals surface area contributed by atoms with Gasteiger partial charge in [-0.1, -0.05) is 18.2 Å². The first kappa shape index (κ1) is 14.7. The highest BCUT2D eigenvalue weighted by Crippen LogP contribution is 2.35. The molecule has 2 N–H and O–H groups in total. The van der Waals surface area contributed by atoms with E-state index in [2.05, 4.69) is 15.3 Å². The van der Waals surface area contributed by atoms with Crippen molar-refractivity contribution in [1.29, 1.82) is 0 Å². The fourth-order valence-electron chi connectivity index (χ4n) is 4.04. The maximum Gasteiger partial charge on any atom is 0.272 e. The molecule has 1 amide bonds. The number of hydrogen-bond donors (Lipinski definition) is 2. The van der Waals surface area contributed by atoms with E-state index in [1.54, 1.807) is 4.68 Å². The van der Waals surface area contributed by atoms with Crippen LogP contribution in [0.25, 0.3) is 10.9 Å². The van der Waals surface area contributed by atoms with E-state index in [0.29, 0.717) is 12.2 Å². The normalized spacial score (nSPS) is 29.8. The van der Waals surface area contributed by atoms with Crippen molar-refractivity contribution in [1.82, 2.24) is 20.0 Å². The summed E-state index contributed by atoms with van der Waals surface area (Å²) >= 11 is 0. The van der Waals surface area contributed by atoms with Gasteiger partial charge in [-0.3, -0.25) is 9.48 Å². The number of benzene rings is 1. The van der Waals surface area contributed by atoms with Gasteiger partial charge >= 0.3 is 0 Å². The van der Waals surface area contributed by atoms with Crippen LogP contribution in [0.2, 0.25) is 0 Å². The Balaban J connectivity index is 1.52. The highest BCUT2D eigenvalue weighted by atomic mass is 16.3. The largest absolute Gasteiger partial charge is 0.386 e. The lowest BCUT2D eigenvalue weighted by Gasteiger charge is -2.50. The fraction of sp³-hybridized carbons (Fsp3) is 0.529. The summed E-state index contributed by atoms with van der Waals surface area (Å²) in [6.07, 6.45) is 2.03. The third-order valence-corrected chi connectivity index (χ3v) is 5.37. The molecule has 0 spiro atoms. The standard InChI is InChI=1S/C17H22N4O2/c1-20-14-5-3-2-4-13(14)15(19-20)16(22)18-10-17(23)11-21-8-6-12(17)7-9-21/h2-5,12,23H,6-11H2,1H3,(H,18,22). The van der Waals surface area contributed by atoms with Crippen LogP contribution < -0.4 is 5.32 Å². The Kier molecular flexibility index (Phi) is 3.39. The number of carbonyl (C=O) groups is 1. The summed E-state index contributed by atoms with van der Waals surface area (Å²) in [5, 5.41) is 19.0. The molecule has 122 valence electrons. The molecule has 6 heteroatoms. The lowest BCUT2D eigenvalue weighted by molar-refractivity contribution is -0.108. The number of nitrogens with zero attached hydrogens (tertiary/aromatic N) is 3. The number of para-hydroxylation sites is 1. The first-order valence-corrected chi connectivity index (χ1v) is 8.21. The smallest absolute Gasteiger partial charge is 0.272 e. The monoisotopic (exact) mass is 314 g/mol. The van der Waals surface area contributed by atoms with E-state index in [9.17, 15) is 9.90 Å². The van der Waals surface area contributed by atoms with Crippen molar-refractivity contribution < 1.29 is 9.90 Å². The summed E-state index contributed by atoms with van der Waals surface area (Å²) in [5.74, 6) is 0.0694. The van der Waals surface area contributed by atoms with Gasteiger partial charge in [0.2, 0.25) is 0 Å². The topological polar surface area (TPSA) is 70.4 Å². The van der Waals surface area contributed by atoms with Gasteiger partial charge in [0.15, 0.2) is 5.69 Å². The highest BCUT2D eigenvalue weighted by molar-refractivity contribution is 6.04. The average Bonchev–Trinajstić information content (AvgIpc) is 2.91. The van der Waals surface area contributed by atoms with Crippen LogP contribution in [0.5, 0.6) is 0 Å². The van der Waals surface area contributed by atoms with Crippen LogP contribution in [0, 0.1) is 5.92 Å². The van der Waals surface area contributed by atoms with Gasteiger partial charge in [-0.15, -0.1) is 0 Å². The van der Waals surface area contributed by atoms with Gasteiger partial charge in [-0.25, -0.2) is 0 Å². The molecule has 1 atom stereocenters. The molecule has 6 nitrogen and oxygen atoms in total. The molecule has 3 aliphatic rings. The minimum absolute atomic E-state index is 0.216. The maximum atomic E-state index is 12.6. The van der Waals surface area contributed by atoms with E-state index in [4.69, 9.17) is 0 Å². The summed E-state index contributed by atoms with van der Waals surface area (Å²) in [6, 6.07) is 7.68. The van der Waals surface area contributed by atoms with E-state index in [-0.39, 0.29) is 18.4 Å². The minimum Gasteiger partial charge on any atom is -0.386 e. The van der Waals surface area contributed by atoms with Gasteiger partial charge in [-0.2, -0.15) is 5.10 Å². The van der Waals surface area contributed by atoms with E-state index in [1.165, 1.54) is 0 Å². The quantitative estimate of drug-likeness (QED) is 0.877. The van der Waals surface area contributed by atoms with Gasteiger partial charge in [-0.05, 0) is 37.9 Å². The number of aromatic nitrogens is 2. The lowest BCUT2D eigenvalue weighted by Crippen LogP contribution is -2.63. The Labute approximate surface area is 135 Å². The Hall–Kier alpha value is -1.92. The predicted molar refractivity (Wildman–Crippen MR) is 87.2 cm³/mol. The zero-order chi connectivity index (χ0) is 16.0. The third kappa shape index (κ3) is 2.42. The minimum atomic E-state index is -0.809. The van der Waals surface area contributed by atoms with E-state index in [1.807, 2.05) is 31.3 Å². The fourth-order valence-corrected chi connectivity index (χ4v) is 4.04. The number of hydrogen-bond acceptors (Lipinski definition) is 4. The van der Waals surface area contributed by atoms with Crippen LogP contribution in [-0.4, -0.2) is 57.5 Å². The number of aryl methyl sites for hydroxylation is 1. The summed E-state index contributed by atoms with van der Waals surface area (Å²) in [4.78, 5) is 14.8. The number of carbonyl (C=O) groups excluding carboxylic acids is 1. The average molecular weight is 314 g/mol. The SMILES string of the molecule is Cn1nc(C(=O)NCC2(O)CN3CCC2CC3)c2ccccc21. The van der Waals surface area contributed by atoms with E-state index in [0.717, 1.165) is 36.8 Å². The Morgan fingerprint density at radius 2 is 2.13 bits per heavy atom. The molecule has 2 aromatic rings. The van der Waals surface area contributed by atoms with Crippen molar-refractivity contribution in [2.24, 2.45) is 13.0 Å². The van der Waals surface area contributed by atoms with Crippen LogP contribution in [0.4, 0.5) is 0 Å². The van der Waals surface area contributed by atoms with Crippen molar-refractivity contribution in [2.45, 2.75) is 18.4 Å². The molecular formula is C17H22N4O2. The maximum absolute atomic E-state index is 12.6. The van der Waals surface area contributed by atoms with Crippen molar-refractivity contribution >= 4 is 16.8 Å². The Morgan fingerprint density at radius 3 is 2.83 bits per heavy atom. The molecule has 5 rings (SSSR count). The van der Waals surface area contributed by atoms with Crippen LogP contribution in [0.3, 0.4) is 0 Å². The summed E-state index contributed by atoms with van der Waals surface area (Å²) in [6.45, 7) is 3.07. The number of nitrogens with one attached hydrogen (secondary N) is 1. The molecular weight excluding hydrogens is 292 g/mol. The third-order valence-electron chi connectivity index (χ3n) is 5.37. The van der Waals surface area contributed by atoms with Crippen LogP contribution in [0.1, 0.15) is 23.3 Å². The lowest BCUT2D eigenvalue weighted by atomic mass is 9.75. The van der Waals surface area contributed by atoms with Gasteiger partial charge in [0.25, 0.3) is 5.91 Å². The predicted octanol–water partition coefficient (Wildman–Crippen LogP) is 0.760.